The molecule has 28 heavy (non-hydrogen) atoms. The highest BCUT2D eigenvalue weighted by Gasteiger charge is 2.31. The van der Waals surface area contributed by atoms with Crippen LogP contribution in [0.4, 0.5) is 0 Å². The predicted octanol–water partition coefficient (Wildman–Crippen LogP) is 1.30. The summed E-state index contributed by atoms with van der Waals surface area (Å²) in [5.74, 6) is 4.77. The van der Waals surface area contributed by atoms with Crippen molar-refractivity contribution in [1.82, 2.24) is 14.5 Å². The van der Waals surface area contributed by atoms with Crippen molar-refractivity contribution in [3.05, 3.63) is 80.1 Å². The number of hydrogen-bond donors (Lipinski definition) is 1. The number of nitrogens with zero attached hydrogens (tertiary/aromatic N) is 2. The summed E-state index contributed by atoms with van der Waals surface area (Å²) < 4.78 is 1.26. The van der Waals surface area contributed by atoms with Crippen molar-refractivity contribution in [3.63, 3.8) is 0 Å². The lowest BCUT2D eigenvalue weighted by Gasteiger charge is -2.25. The maximum atomic E-state index is 12.8. The van der Waals surface area contributed by atoms with E-state index in [4.69, 9.17) is 0 Å². The van der Waals surface area contributed by atoms with E-state index in [9.17, 15) is 19.2 Å². The first-order chi connectivity index (χ1) is 13.5. The molecule has 0 aliphatic carbocycles. The summed E-state index contributed by atoms with van der Waals surface area (Å²) in [6.45, 7) is 1.55. The molecule has 0 fully saturated rings. The van der Waals surface area contributed by atoms with Crippen molar-refractivity contribution < 1.29 is 9.59 Å². The lowest BCUT2D eigenvalue weighted by Crippen LogP contribution is -2.40. The first kappa shape index (κ1) is 17.5. The number of benzene rings is 2. The zero-order valence-corrected chi connectivity index (χ0v) is 15.0. The third kappa shape index (κ3) is 2.81. The standard InChI is InChI=1S/C21H15N3O4/c1-13-12-23(21(28)22-18(13)25)10-2-3-11-24-19(26)15-8-4-6-14-7-5-9-16(17(14)15)20(24)27/h4-9,12H,10-11H2,1H3,(H,22,25,28). The van der Waals surface area contributed by atoms with E-state index < -0.39 is 11.2 Å². The average Bonchev–Trinajstić information content (AvgIpc) is 2.69. The molecule has 0 unspecified atom stereocenters. The van der Waals surface area contributed by atoms with Crippen molar-refractivity contribution in [1.29, 1.82) is 0 Å². The van der Waals surface area contributed by atoms with Crippen LogP contribution in [0.1, 0.15) is 26.3 Å². The Hall–Kier alpha value is -3.92. The normalized spacial score (nSPS) is 12.8. The van der Waals surface area contributed by atoms with Crippen molar-refractivity contribution in [2.45, 2.75) is 13.5 Å². The Kier molecular flexibility index (Phi) is 4.17. The highest BCUT2D eigenvalue weighted by Crippen LogP contribution is 2.29. The quantitative estimate of drug-likeness (QED) is 0.541. The molecule has 1 aliphatic rings. The van der Waals surface area contributed by atoms with Crippen LogP contribution in [0.2, 0.25) is 0 Å². The number of aromatic amines is 1. The first-order valence-corrected chi connectivity index (χ1v) is 8.61. The summed E-state index contributed by atoms with van der Waals surface area (Å²) in [7, 11) is 0. The molecule has 4 rings (SSSR count). The molecule has 0 radical (unpaired) electrons. The van der Waals surface area contributed by atoms with Crippen molar-refractivity contribution >= 4 is 22.6 Å². The molecule has 0 saturated heterocycles. The van der Waals surface area contributed by atoms with Gasteiger partial charge in [-0.15, -0.1) is 0 Å². The SMILES string of the molecule is Cc1cn(CC#CCN2C(=O)c3cccc4cccc(c34)C2=O)c(=O)[nH]c1=O. The zero-order valence-electron chi connectivity index (χ0n) is 15.0. The fourth-order valence-corrected chi connectivity index (χ4v) is 3.24. The van der Waals surface area contributed by atoms with Gasteiger partial charge in [0.15, 0.2) is 0 Å². The number of aryl methyl sites for hydroxylation is 1. The highest BCUT2D eigenvalue weighted by atomic mass is 16.2. The number of carbonyl (C=O) groups is 2. The van der Waals surface area contributed by atoms with Gasteiger partial charge in [0, 0.05) is 28.3 Å². The zero-order chi connectivity index (χ0) is 19.8. The largest absolute Gasteiger partial charge is 0.329 e. The number of amides is 2. The van der Waals surface area contributed by atoms with Crippen LogP contribution < -0.4 is 11.2 Å². The summed E-state index contributed by atoms with van der Waals surface area (Å²) in [4.78, 5) is 52.0. The fraction of sp³-hybridized carbons (Fsp3) is 0.143. The van der Waals surface area contributed by atoms with Gasteiger partial charge in [-0.1, -0.05) is 36.1 Å². The maximum absolute atomic E-state index is 12.8. The summed E-state index contributed by atoms with van der Waals surface area (Å²) in [5.41, 5.74) is 0.346. The molecule has 1 aromatic heterocycles. The van der Waals surface area contributed by atoms with Gasteiger partial charge in [-0.25, -0.2) is 4.79 Å². The minimum Gasteiger partial charge on any atom is -0.289 e. The second-order valence-electron chi connectivity index (χ2n) is 6.46. The third-order valence-corrected chi connectivity index (χ3v) is 4.66. The smallest absolute Gasteiger partial charge is 0.289 e. The Morgan fingerprint density at radius 1 is 0.893 bits per heavy atom. The summed E-state index contributed by atoms with van der Waals surface area (Å²) in [6, 6.07) is 10.7. The van der Waals surface area contributed by atoms with Gasteiger partial charge >= 0.3 is 5.69 Å². The molecule has 7 heteroatoms. The fourth-order valence-electron chi connectivity index (χ4n) is 3.24. The second-order valence-corrected chi connectivity index (χ2v) is 6.46. The molecular formula is C21H15N3O4. The van der Waals surface area contributed by atoms with Gasteiger partial charge in [-0.3, -0.25) is 28.8 Å². The summed E-state index contributed by atoms with van der Waals surface area (Å²) in [6.07, 6.45) is 1.42. The van der Waals surface area contributed by atoms with E-state index in [1.165, 1.54) is 10.8 Å². The first-order valence-electron chi connectivity index (χ1n) is 8.61. The molecular weight excluding hydrogens is 358 g/mol. The van der Waals surface area contributed by atoms with Crippen LogP contribution in [0.5, 0.6) is 0 Å². The monoisotopic (exact) mass is 373 g/mol. The van der Waals surface area contributed by atoms with Crippen molar-refractivity contribution in [3.8, 4) is 11.8 Å². The van der Waals surface area contributed by atoms with E-state index in [-0.39, 0.29) is 24.9 Å². The van der Waals surface area contributed by atoms with Gasteiger partial charge in [0.25, 0.3) is 17.4 Å². The van der Waals surface area contributed by atoms with E-state index in [2.05, 4.69) is 16.8 Å². The van der Waals surface area contributed by atoms with Crippen LogP contribution in [-0.4, -0.2) is 32.8 Å². The molecule has 2 heterocycles. The van der Waals surface area contributed by atoms with Crippen LogP contribution in [0.25, 0.3) is 10.8 Å². The van der Waals surface area contributed by atoms with Crippen LogP contribution in [0.15, 0.2) is 52.2 Å². The Morgan fingerprint density at radius 3 is 2.14 bits per heavy atom. The Balaban J connectivity index is 1.59. The lowest BCUT2D eigenvalue weighted by atomic mass is 9.94. The van der Waals surface area contributed by atoms with E-state index in [1.54, 1.807) is 31.2 Å². The van der Waals surface area contributed by atoms with Crippen molar-refractivity contribution in [2.24, 2.45) is 0 Å². The number of hydrogen-bond acceptors (Lipinski definition) is 4. The lowest BCUT2D eigenvalue weighted by molar-refractivity contribution is 0.0632. The molecule has 0 bridgehead atoms. The van der Waals surface area contributed by atoms with E-state index in [1.807, 2.05) is 12.1 Å². The molecule has 138 valence electrons. The highest BCUT2D eigenvalue weighted by molar-refractivity contribution is 6.25. The van der Waals surface area contributed by atoms with Gasteiger partial charge in [0.2, 0.25) is 0 Å². The number of rotatable bonds is 2. The minimum atomic E-state index is -0.560. The number of aromatic nitrogens is 2. The molecule has 3 aromatic rings. The Labute approximate surface area is 159 Å². The van der Waals surface area contributed by atoms with Gasteiger partial charge in [-0.2, -0.15) is 0 Å². The van der Waals surface area contributed by atoms with Gasteiger partial charge in [0.1, 0.15) is 0 Å². The third-order valence-electron chi connectivity index (χ3n) is 4.66. The van der Waals surface area contributed by atoms with Crippen LogP contribution in [0.3, 0.4) is 0 Å². The number of nitrogens with one attached hydrogen (secondary N) is 1. The van der Waals surface area contributed by atoms with Gasteiger partial charge < -0.3 is 0 Å². The van der Waals surface area contributed by atoms with Crippen LogP contribution in [-0.2, 0) is 6.54 Å². The average molecular weight is 373 g/mol. The predicted molar refractivity (Wildman–Crippen MR) is 103 cm³/mol. The molecule has 0 atom stereocenters. The van der Waals surface area contributed by atoms with Crippen LogP contribution >= 0.6 is 0 Å². The number of imide groups is 1. The molecule has 1 N–H and O–H groups in total. The van der Waals surface area contributed by atoms with Gasteiger partial charge in [-0.05, 0) is 24.4 Å². The Morgan fingerprint density at radius 2 is 1.50 bits per heavy atom. The molecule has 0 spiro atoms. The second kappa shape index (κ2) is 6.67. The number of carbonyl (C=O) groups excluding carboxylic acids is 2. The van der Waals surface area contributed by atoms with Crippen LogP contribution in [0, 0.1) is 18.8 Å². The van der Waals surface area contributed by atoms with Crippen molar-refractivity contribution in [2.75, 3.05) is 6.54 Å². The summed E-state index contributed by atoms with van der Waals surface area (Å²) in [5, 5.41) is 1.51. The number of H-pyrrole nitrogens is 1. The molecule has 7 nitrogen and oxygen atoms in total. The molecule has 1 aliphatic heterocycles. The minimum absolute atomic E-state index is 0.0405. The maximum Gasteiger partial charge on any atom is 0.329 e. The Bertz CT molecular complexity index is 1270. The summed E-state index contributed by atoms with van der Waals surface area (Å²) >= 11 is 0. The van der Waals surface area contributed by atoms with E-state index in [0.717, 1.165) is 10.3 Å². The van der Waals surface area contributed by atoms with Gasteiger partial charge in [0.05, 0.1) is 13.1 Å². The van der Waals surface area contributed by atoms with E-state index >= 15 is 0 Å². The topological polar surface area (TPSA) is 92.2 Å². The molecule has 2 amide bonds. The molecule has 2 aromatic carbocycles. The van der Waals surface area contributed by atoms with E-state index in [0.29, 0.717) is 22.1 Å². The molecule has 0 saturated carbocycles.